The minimum atomic E-state index is -0.114. The van der Waals surface area contributed by atoms with Gasteiger partial charge in [0, 0.05) is 19.8 Å². The maximum atomic E-state index is 6.05. The second-order valence-corrected chi connectivity index (χ2v) is 5.75. The lowest BCUT2D eigenvalue weighted by molar-refractivity contribution is -0.0870. The normalized spacial score (nSPS) is 15.5. The number of ether oxygens (including phenoxy) is 3. The molecule has 0 fully saturated rings. The van der Waals surface area contributed by atoms with E-state index in [1.54, 1.807) is 0 Å². The quantitative estimate of drug-likeness (QED) is 0.556. The summed E-state index contributed by atoms with van der Waals surface area (Å²) in [5, 5.41) is 0. The van der Waals surface area contributed by atoms with Gasteiger partial charge in [0.05, 0.1) is 24.4 Å². The Kier molecular flexibility index (Phi) is 9.62. The molecule has 4 nitrogen and oxygen atoms in total. The van der Waals surface area contributed by atoms with E-state index in [9.17, 15) is 0 Å². The van der Waals surface area contributed by atoms with Gasteiger partial charge in [-0.2, -0.15) is 0 Å². The Morgan fingerprint density at radius 2 is 1.58 bits per heavy atom. The monoisotopic (exact) mass is 275 g/mol. The van der Waals surface area contributed by atoms with E-state index in [0.29, 0.717) is 26.4 Å². The molecule has 0 amide bonds. The molecule has 1 atom stereocenters. The largest absolute Gasteiger partial charge is 0.380 e. The zero-order valence-corrected chi connectivity index (χ0v) is 13.5. The molecule has 116 valence electrons. The molecule has 0 spiro atoms. The number of hydrogen-bond acceptors (Lipinski definition) is 4. The van der Waals surface area contributed by atoms with Crippen molar-refractivity contribution in [2.24, 2.45) is 5.73 Å². The maximum Gasteiger partial charge on any atom is 0.0673 e. The third-order valence-corrected chi connectivity index (χ3v) is 3.48. The first-order valence-electron chi connectivity index (χ1n) is 7.45. The van der Waals surface area contributed by atoms with E-state index in [2.05, 4.69) is 27.7 Å². The standard InChI is InChI=1S/C15H33NO3/c1-6-15(5,9-11-17-13-10-16)19-12-8-14(3,4)18-7-2/h6-13,16H2,1-5H3. The molecular weight excluding hydrogens is 242 g/mol. The maximum absolute atomic E-state index is 6.05. The summed E-state index contributed by atoms with van der Waals surface area (Å²) in [7, 11) is 0. The number of nitrogens with two attached hydrogens (primary N) is 1. The van der Waals surface area contributed by atoms with E-state index < -0.39 is 0 Å². The van der Waals surface area contributed by atoms with Crippen LogP contribution in [0.3, 0.4) is 0 Å². The molecule has 0 aliphatic carbocycles. The van der Waals surface area contributed by atoms with Gasteiger partial charge in [0.2, 0.25) is 0 Å². The summed E-state index contributed by atoms with van der Waals surface area (Å²) >= 11 is 0. The molecule has 0 heterocycles. The van der Waals surface area contributed by atoms with Gasteiger partial charge in [-0.15, -0.1) is 0 Å². The van der Waals surface area contributed by atoms with Crippen LogP contribution in [0.25, 0.3) is 0 Å². The van der Waals surface area contributed by atoms with Crippen molar-refractivity contribution in [1.82, 2.24) is 0 Å². The van der Waals surface area contributed by atoms with E-state index in [-0.39, 0.29) is 11.2 Å². The summed E-state index contributed by atoms with van der Waals surface area (Å²) in [6.07, 6.45) is 2.78. The summed E-state index contributed by atoms with van der Waals surface area (Å²) < 4.78 is 17.2. The predicted molar refractivity (Wildman–Crippen MR) is 79.5 cm³/mol. The first-order chi connectivity index (χ1) is 8.89. The first kappa shape index (κ1) is 18.8. The average molecular weight is 275 g/mol. The van der Waals surface area contributed by atoms with Crippen LogP contribution in [0.4, 0.5) is 0 Å². The molecule has 4 heteroatoms. The van der Waals surface area contributed by atoms with Crippen LogP contribution in [-0.4, -0.2) is 44.2 Å². The molecule has 0 aromatic rings. The van der Waals surface area contributed by atoms with Crippen LogP contribution in [-0.2, 0) is 14.2 Å². The lowest BCUT2D eigenvalue weighted by atomic mass is 9.99. The minimum Gasteiger partial charge on any atom is -0.380 e. The fraction of sp³-hybridized carbons (Fsp3) is 1.00. The number of rotatable bonds is 12. The van der Waals surface area contributed by atoms with Gasteiger partial charge in [-0.3, -0.25) is 0 Å². The molecule has 2 N–H and O–H groups in total. The van der Waals surface area contributed by atoms with Gasteiger partial charge < -0.3 is 19.9 Å². The van der Waals surface area contributed by atoms with Gasteiger partial charge >= 0.3 is 0 Å². The molecular formula is C15H33NO3. The lowest BCUT2D eigenvalue weighted by Gasteiger charge is -2.31. The lowest BCUT2D eigenvalue weighted by Crippen LogP contribution is -2.33. The molecule has 0 radical (unpaired) electrons. The van der Waals surface area contributed by atoms with E-state index in [0.717, 1.165) is 25.9 Å². The third kappa shape index (κ3) is 9.38. The highest BCUT2D eigenvalue weighted by Crippen LogP contribution is 2.22. The second-order valence-electron chi connectivity index (χ2n) is 5.75. The first-order valence-corrected chi connectivity index (χ1v) is 7.45. The van der Waals surface area contributed by atoms with Crippen molar-refractivity contribution in [1.29, 1.82) is 0 Å². The molecule has 0 rings (SSSR count). The van der Waals surface area contributed by atoms with Crippen LogP contribution in [0.2, 0.25) is 0 Å². The molecule has 0 aromatic heterocycles. The summed E-state index contributed by atoms with van der Waals surface area (Å²) in [5.41, 5.74) is 5.17. The Labute approximate surface area is 119 Å². The topological polar surface area (TPSA) is 53.7 Å². The third-order valence-electron chi connectivity index (χ3n) is 3.48. The van der Waals surface area contributed by atoms with Crippen molar-refractivity contribution in [2.45, 2.75) is 65.1 Å². The Bertz CT molecular complexity index is 221. The highest BCUT2D eigenvalue weighted by atomic mass is 16.5. The fourth-order valence-electron chi connectivity index (χ4n) is 1.83. The van der Waals surface area contributed by atoms with Gasteiger partial charge in [-0.25, -0.2) is 0 Å². The molecule has 0 aliphatic rings. The van der Waals surface area contributed by atoms with Crippen molar-refractivity contribution in [3.63, 3.8) is 0 Å². The molecule has 0 saturated heterocycles. The van der Waals surface area contributed by atoms with Gasteiger partial charge in [-0.05, 0) is 47.0 Å². The average Bonchev–Trinajstić information content (AvgIpc) is 2.34. The van der Waals surface area contributed by atoms with Crippen LogP contribution in [0.5, 0.6) is 0 Å². The molecule has 1 unspecified atom stereocenters. The van der Waals surface area contributed by atoms with E-state index in [1.807, 2.05) is 6.92 Å². The Morgan fingerprint density at radius 3 is 2.11 bits per heavy atom. The highest BCUT2D eigenvalue weighted by Gasteiger charge is 2.24. The van der Waals surface area contributed by atoms with Crippen LogP contribution < -0.4 is 5.73 Å². The summed E-state index contributed by atoms with van der Waals surface area (Å²) in [4.78, 5) is 0. The zero-order valence-electron chi connectivity index (χ0n) is 13.5. The van der Waals surface area contributed by atoms with Crippen LogP contribution in [0.1, 0.15) is 53.9 Å². The molecule has 0 aliphatic heterocycles. The van der Waals surface area contributed by atoms with E-state index in [1.165, 1.54) is 0 Å². The summed E-state index contributed by atoms with van der Waals surface area (Å²) in [6.45, 7) is 13.9. The Morgan fingerprint density at radius 1 is 0.895 bits per heavy atom. The zero-order chi connectivity index (χ0) is 14.8. The highest BCUT2D eigenvalue weighted by molar-refractivity contribution is 4.75. The van der Waals surface area contributed by atoms with Crippen molar-refractivity contribution < 1.29 is 14.2 Å². The van der Waals surface area contributed by atoms with Gasteiger partial charge in [0.15, 0.2) is 0 Å². The van der Waals surface area contributed by atoms with Crippen LogP contribution >= 0.6 is 0 Å². The van der Waals surface area contributed by atoms with Crippen LogP contribution in [0.15, 0.2) is 0 Å². The van der Waals surface area contributed by atoms with E-state index >= 15 is 0 Å². The van der Waals surface area contributed by atoms with Gasteiger partial charge in [0.25, 0.3) is 0 Å². The van der Waals surface area contributed by atoms with E-state index in [4.69, 9.17) is 19.9 Å². The molecule has 0 bridgehead atoms. The number of hydrogen-bond donors (Lipinski definition) is 1. The Hall–Kier alpha value is -0.160. The van der Waals surface area contributed by atoms with Crippen molar-refractivity contribution in [2.75, 3.05) is 33.0 Å². The summed E-state index contributed by atoms with van der Waals surface area (Å²) in [5.74, 6) is 0. The van der Waals surface area contributed by atoms with Crippen molar-refractivity contribution in [3.8, 4) is 0 Å². The van der Waals surface area contributed by atoms with Crippen molar-refractivity contribution in [3.05, 3.63) is 0 Å². The van der Waals surface area contributed by atoms with Crippen molar-refractivity contribution >= 4 is 0 Å². The van der Waals surface area contributed by atoms with Gasteiger partial charge in [-0.1, -0.05) is 6.92 Å². The molecule has 19 heavy (non-hydrogen) atoms. The van der Waals surface area contributed by atoms with Crippen LogP contribution in [0, 0.1) is 0 Å². The SMILES string of the molecule is CCOC(C)(C)CCOC(C)(CC)CCOCCN. The fourth-order valence-corrected chi connectivity index (χ4v) is 1.83. The summed E-state index contributed by atoms with van der Waals surface area (Å²) in [6, 6.07) is 0. The molecule has 0 aromatic carbocycles. The minimum absolute atomic E-state index is 0.112. The molecule has 0 saturated carbocycles. The predicted octanol–water partition coefficient (Wildman–Crippen LogP) is 2.74. The van der Waals surface area contributed by atoms with Gasteiger partial charge in [0.1, 0.15) is 0 Å². The Balaban J connectivity index is 3.96. The second kappa shape index (κ2) is 9.70. The smallest absolute Gasteiger partial charge is 0.0673 e.